The molecule has 0 aliphatic heterocycles. The number of thiazole rings is 1. The van der Waals surface area contributed by atoms with Gasteiger partial charge in [-0.2, -0.15) is 0 Å². The van der Waals surface area contributed by atoms with E-state index in [0.717, 1.165) is 18.4 Å². The molecule has 0 spiro atoms. The van der Waals surface area contributed by atoms with E-state index in [-0.39, 0.29) is 0 Å². The molecule has 15 heavy (non-hydrogen) atoms. The summed E-state index contributed by atoms with van der Waals surface area (Å²) in [5, 5.41) is 2.60. The molecule has 0 aromatic carbocycles. The Bertz CT molecular complexity index is 283. The summed E-state index contributed by atoms with van der Waals surface area (Å²) in [6.07, 6.45) is 9.68. The van der Waals surface area contributed by atoms with Crippen molar-refractivity contribution < 1.29 is 4.79 Å². The van der Waals surface area contributed by atoms with Crippen LogP contribution in [0.15, 0.2) is 5.38 Å². The molecule has 0 saturated carbocycles. The van der Waals surface area contributed by atoms with Crippen LogP contribution in [0.3, 0.4) is 0 Å². The first kappa shape index (κ1) is 12.4. The summed E-state index contributed by atoms with van der Waals surface area (Å²) >= 11 is 1.44. The number of aldehydes is 1. The molecule has 0 atom stereocenters. The molecule has 1 heterocycles. The maximum atomic E-state index is 10.4. The molecule has 0 unspecified atom stereocenters. The Labute approximate surface area is 95.7 Å². The number of carbonyl (C=O) groups is 1. The molecule has 0 fully saturated rings. The van der Waals surface area contributed by atoms with E-state index >= 15 is 0 Å². The van der Waals surface area contributed by atoms with Gasteiger partial charge in [0.15, 0.2) is 11.3 Å². The summed E-state index contributed by atoms with van der Waals surface area (Å²) in [7, 11) is 0. The zero-order valence-corrected chi connectivity index (χ0v) is 10.2. The first-order valence-electron chi connectivity index (χ1n) is 5.76. The predicted molar refractivity (Wildman–Crippen MR) is 64.6 cm³/mol. The first-order valence-corrected chi connectivity index (χ1v) is 6.64. The number of hydrogen-bond donors (Lipinski definition) is 0. The van der Waals surface area contributed by atoms with Crippen LogP contribution in [0.1, 0.15) is 60.9 Å². The van der Waals surface area contributed by atoms with Crippen LogP contribution in [0, 0.1) is 0 Å². The van der Waals surface area contributed by atoms with Gasteiger partial charge in [0.05, 0.1) is 5.69 Å². The van der Waals surface area contributed by atoms with Crippen LogP contribution in [-0.2, 0) is 6.42 Å². The number of unbranched alkanes of at least 4 members (excludes halogenated alkanes) is 5. The van der Waals surface area contributed by atoms with Gasteiger partial charge in [0.2, 0.25) is 0 Å². The number of aryl methyl sites for hydroxylation is 1. The van der Waals surface area contributed by atoms with Crippen LogP contribution in [0.5, 0.6) is 0 Å². The third-order valence-electron chi connectivity index (χ3n) is 2.46. The van der Waals surface area contributed by atoms with Gasteiger partial charge in [-0.15, -0.1) is 11.3 Å². The molecular formula is C12H19NOS. The fourth-order valence-corrected chi connectivity index (χ4v) is 2.23. The topological polar surface area (TPSA) is 30.0 Å². The van der Waals surface area contributed by atoms with E-state index in [1.807, 2.05) is 5.38 Å². The lowest BCUT2D eigenvalue weighted by Crippen LogP contribution is -1.87. The Balaban J connectivity index is 2.07. The lowest BCUT2D eigenvalue weighted by atomic mass is 10.1. The minimum Gasteiger partial charge on any atom is -0.295 e. The highest BCUT2D eigenvalue weighted by atomic mass is 32.1. The van der Waals surface area contributed by atoms with Gasteiger partial charge in [-0.25, -0.2) is 4.98 Å². The number of carbonyl (C=O) groups excluding carboxylic acids is 1. The number of aromatic nitrogens is 1. The Kier molecular flexibility index (Phi) is 6.25. The van der Waals surface area contributed by atoms with E-state index in [9.17, 15) is 4.79 Å². The van der Waals surface area contributed by atoms with E-state index in [1.54, 1.807) is 0 Å². The molecule has 1 aromatic heterocycles. The molecule has 0 N–H and O–H groups in total. The van der Waals surface area contributed by atoms with Crippen molar-refractivity contribution in [2.75, 3.05) is 0 Å². The smallest absolute Gasteiger partial charge is 0.178 e. The minimum absolute atomic E-state index is 0.607. The molecule has 1 aromatic rings. The third-order valence-corrected chi connectivity index (χ3v) is 3.28. The van der Waals surface area contributed by atoms with Gasteiger partial charge < -0.3 is 0 Å². The quantitative estimate of drug-likeness (QED) is 0.496. The molecule has 1 rings (SSSR count). The highest BCUT2D eigenvalue weighted by molar-refractivity contribution is 7.11. The second-order valence-corrected chi connectivity index (χ2v) is 4.70. The molecule has 2 nitrogen and oxygen atoms in total. The lowest BCUT2D eigenvalue weighted by Gasteiger charge is -1.98. The molecule has 0 bridgehead atoms. The van der Waals surface area contributed by atoms with Gasteiger partial charge >= 0.3 is 0 Å². The van der Waals surface area contributed by atoms with Crippen molar-refractivity contribution in [3.05, 3.63) is 16.1 Å². The van der Waals surface area contributed by atoms with Gasteiger partial charge in [-0.1, -0.05) is 39.0 Å². The molecule has 0 aliphatic rings. The zero-order valence-electron chi connectivity index (χ0n) is 9.37. The molecule has 3 heteroatoms. The minimum atomic E-state index is 0.607. The van der Waals surface area contributed by atoms with Crippen LogP contribution in [-0.4, -0.2) is 11.3 Å². The zero-order chi connectivity index (χ0) is 10.9. The van der Waals surface area contributed by atoms with Gasteiger partial charge in [0, 0.05) is 5.38 Å². The third kappa shape index (κ3) is 5.07. The van der Waals surface area contributed by atoms with E-state index in [4.69, 9.17) is 0 Å². The molecule has 0 amide bonds. The van der Waals surface area contributed by atoms with Gasteiger partial charge in [0.25, 0.3) is 0 Å². The van der Waals surface area contributed by atoms with Crippen molar-refractivity contribution in [1.29, 1.82) is 0 Å². The van der Waals surface area contributed by atoms with Gasteiger partial charge in [0.1, 0.15) is 0 Å². The maximum Gasteiger partial charge on any atom is 0.178 e. The second kappa shape index (κ2) is 7.57. The average Bonchev–Trinajstić information content (AvgIpc) is 2.71. The number of nitrogens with zero attached hydrogens (tertiary/aromatic N) is 1. The Hall–Kier alpha value is -0.700. The highest BCUT2D eigenvalue weighted by Crippen LogP contribution is 2.12. The van der Waals surface area contributed by atoms with Crippen LogP contribution >= 0.6 is 11.3 Å². The van der Waals surface area contributed by atoms with Crippen molar-refractivity contribution in [1.82, 2.24) is 4.98 Å². The summed E-state index contributed by atoms with van der Waals surface area (Å²) in [4.78, 5) is 14.6. The highest BCUT2D eigenvalue weighted by Gasteiger charge is 2.00. The SMILES string of the molecule is CCCCCCCCc1csc(C=O)n1. The van der Waals surface area contributed by atoms with E-state index in [0.29, 0.717) is 5.01 Å². The van der Waals surface area contributed by atoms with Crippen molar-refractivity contribution in [3.63, 3.8) is 0 Å². The molecular weight excluding hydrogens is 206 g/mol. The molecule has 0 aliphatic carbocycles. The summed E-state index contributed by atoms with van der Waals surface area (Å²) < 4.78 is 0. The van der Waals surface area contributed by atoms with Crippen molar-refractivity contribution >= 4 is 17.6 Å². The lowest BCUT2D eigenvalue weighted by molar-refractivity contribution is 0.112. The fraction of sp³-hybridized carbons (Fsp3) is 0.667. The van der Waals surface area contributed by atoms with E-state index < -0.39 is 0 Å². The average molecular weight is 225 g/mol. The summed E-state index contributed by atoms with van der Waals surface area (Å²) in [5.41, 5.74) is 1.08. The molecule has 84 valence electrons. The Morgan fingerprint density at radius 1 is 1.27 bits per heavy atom. The van der Waals surface area contributed by atoms with Crippen LogP contribution in [0.4, 0.5) is 0 Å². The Morgan fingerprint density at radius 2 is 2.00 bits per heavy atom. The fourth-order valence-electron chi connectivity index (χ4n) is 1.58. The summed E-state index contributed by atoms with van der Waals surface area (Å²) in [6.45, 7) is 2.23. The van der Waals surface area contributed by atoms with Crippen LogP contribution in [0.25, 0.3) is 0 Å². The maximum absolute atomic E-state index is 10.4. The van der Waals surface area contributed by atoms with E-state index in [2.05, 4.69) is 11.9 Å². The van der Waals surface area contributed by atoms with Gasteiger partial charge in [-0.05, 0) is 12.8 Å². The van der Waals surface area contributed by atoms with Crippen molar-refractivity contribution in [2.45, 2.75) is 51.9 Å². The largest absolute Gasteiger partial charge is 0.295 e. The van der Waals surface area contributed by atoms with Crippen LogP contribution in [0.2, 0.25) is 0 Å². The number of rotatable bonds is 8. The van der Waals surface area contributed by atoms with Crippen molar-refractivity contribution in [2.24, 2.45) is 0 Å². The summed E-state index contributed by atoms with van der Waals surface area (Å²) in [5.74, 6) is 0. The standard InChI is InChI=1S/C12H19NOS/c1-2-3-4-5-6-7-8-11-10-15-12(9-14)13-11/h9-10H,2-8H2,1H3. The van der Waals surface area contributed by atoms with Crippen LogP contribution < -0.4 is 0 Å². The number of hydrogen-bond acceptors (Lipinski definition) is 3. The Morgan fingerprint density at radius 3 is 2.67 bits per heavy atom. The van der Waals surface area contributed by atoms with Gasteiger partial charge in [-0.3, -0.25) is 4.79 Å². The predicted octanol–water partition coefficient (Wildman–Crippen LogP) is 3.86. The van der Waals surface area contributed by atoms with E-state index in [1.165, 1.54) is 49.9 Å². The first-order chi connectivity index (χ1) is 7.36. The van der Waals surface area contributed by atoms with Crippen molar-refractivity contribution in [3.8, 4) is 0 Å². The molecule has 0 saturated heterocycles. The molecule has 0 radical (unpaired) electrons. The summed E-state index contributed by atoms with van der Waals surface area (Å²) in [6, 6.07) is 0. The monoisotopic (exact) mass is 225 g/mol. The normalized spacial score (nSPS) is 10.5. The second-order valence-electron chi connectivity index (χ2n) is 3.81.